The van der Waals surface area contributed by atoms with Crippen LogP contribution in [-0.2, 0) is 6.54 Å². The van der Waals surface area contributed by atoms with Gasteiger partial charge in [-0.15, -0.1) is 0 Å². The summed E-state index contributed by atoms with van der Waals surface area (Å²) in [6, 6.07) is 5.57. The summed E-state index contributed by atoms with van der Waals surface area (Å²) >= 11 is 3.29. The SMILES string of the molecule is CCC(CC)(CO)NCc1cccc(Br)c1O. The van der Waals surface area contributed by atoms with E-state index in [4.69, 9.17) is 0 Å². The Bertz CT molecular complexity index is 356. The molecular formula is C13H20BrNO2. The molecule has 3 nitrogen and oxygen atoms in total. The van der Waals surface area contributed by atoms with E-state index in [2.05, 4.69) is 21.2 Å². The van der Waals surface area contributed by atoms with Crippen LogP contribution < -0.4 is 5.32 Å². The number of aliphatic hydroxyl groups excluding tert-OH is 1. The smallest absolute Gasteiger partial charge is 0.134 e. The second-order valence-corrected chi connectivity index (χ2v) is 5.10. The number of phenolic OH excluding ortho intramolecular Hbond substituents is 1. The largest absolute Gasteiger partial charge is 0.506 e. The van der Waals surface area contributed by atoms with Gasteiger partial charge in [-0.3, -0.25) is 0 Å². The van der Waals surface area contributed by atoms with Crippen molar-refractivity contribution in [1.82, 2.24) is 5.32 Å². The molecule has 4 heteroatoms. The van der Waals surface area contributed by atoms with Crippen LogP contribution in [0.5, 0.6) is 5.75 Å². The van der Waals surface area contributed by atoms with Crippen LogP contribution in [0.2, 0.25) is 0 Å². The topological polar surface area (TPSA) is 52.5 Å². The lowest BCUT2D eigenvalue weighted by Gasteiger charge is -2.31. The highest BCUT2D eigenvalue weighted by molar-refractivity contribution is 9.10. The Morgan fingerprint density at radius 1 is 1.29 bits per heavy atom. The number of hydrogen-bond acceptors (Lipinski definition) is 3. The number of halogens is 1. The van der Waals surface area contributed by atoms with E-state index in [1.165, 1.54) is 0 Å². The van der Waals surface area contributed by atoms with Crippen LogP contribution in [0.1, 0.15) is 32.3 Å². The summed E-state index contributed by atoms with van der Waals surface area (Å²) in [5.74, 6) is 0.263. The lowest BCUT2D eigenvalue weighted by Crippen LogP contribution is -2.47. The average molecular weight is 302 g/mol. The van der Waals surface area contributed by atoms with Crippen molar-refractivity contribution >= 4 is 15.9 Å². The van der Waals surface area contributed by atoms with E-state index in [-0.39, 0.29) is 17.9 Å². The lowest BCUT2D eigenvalue weighted by molar-refractivity contribution is 0.149. The second kappa shape index (κ2) is 6.38. The van der Waals surface area contributed by atoms with Gasteiger partial charge in [-0.1, -0.05) is 26.0 Å². The third-order valence-corrected chi connectivity index (χ3v) is 4.02. The zero-order valence-electron chi connectivity index (χ0n) is 10.3. The molecule has 0 saturated carbocycles. The van der Waals surface area contributed by atoms with Gasteiger partial charge in [-0.25, -0.2) is 0 Å². The maximum atomic E-state index is 9.86. The van der Waals surface area contributed by atoms with Gasteiger partial charge in [-0.2, -0.15) is 0 Å². The highest BCUT2D eigenvalue weighted by Crippen LogP contribution is 2.28. The van der Waals surface area contributed by atoms with Gasteiger partial charge in [0.05, 0.1) is 11.1 Å². The van der Waals surface area contributed by atoms with Crippen LogP contribution in [0.3, 0.4) is 0 Å². The van der Waals surface area contributed by atoms with E-state index in [1.54, 1.807) is 6.07 Å². The Kier molecular flexibility index (Phi) is 5.43. The zero-order valence-corrected chi connectivity index (χ0v) is 11.9. The molecule has 0 aliphatic carbocycles. The van der Waals surface area contributed by atoms with Crippen LogP contribution in [0.4, 0.5) is 0 Å². The van der Waals surface area contributed by atoms with Crippen molar-refractivity contribution in [2.24, 2.45) is 0 Å². The Balaban J connectivity index is 2.75. The van der Waals surface area contributed by atoms with Gasteiger partial charge >= 0.3 is 0 Å². The quantitative estimate of drug-likeness (QED) is 0.757. The Hall–Kier alpha value is -0.580. The molecule has 96 valence electrons. The van der Waals surface area contributed by atoms with Crippen molar-refractivity contribution in [2.45, 2.75) is 38.8 Å². The van der Waals surface area contributed by atoms with Crippen molar-refractivity contribution in [1.29, 1.82) is 0 Å². The Morgan fingerprint density at radius 3 is 2.47 bits per heavy atom. The molecule has 0 radical (unpaired) electrons. The Morgan fingerprint density at radius 2 is 1.94 bits per heavy atom. The first kappa shape index (κ1) is 14.5. The van der Waals surface area contributed by atoms with Gasteiger partial charge in [0.2, 0.25) is 0 Å². The zero-order chi connectivity index (χ0) is 12.9. The van der Waals surface area contributed by atoms with E-state index in [9.17, 15) is 10.2 Å². The molecule has 0 spiro atoms. The summed E-state index contributed by atoms with van der Waals surface area (Å²) in [6.07, 6.45) is 1.71. The molecule has 0 aliphatic rings. The van der Waals surface area contributed by atoms with Crippen molar-refractivity contribution in [3.05, 3.63) is 28.2 Å². The molecule has 3 N–H and O–H groups in total. The van der Waals surface area contributed by atoms with Gasteiger partial charge in [0.25, 0.3) is 0 Å². The minimum absolute atomic E-state index is 0.106. The highest BCUT2D eigenvalue weighted by Gasteiger charge is 2.24. The normalized spacial score (nSPS) is 11.8. The molecule has 1 aromatic rings. The van der Waals surface area contributed by atoms with Crippen molar-refractivity contribution in [3.8, 4) is 5.75 Å². The fraction of sp³-hybridized carbons (Fsp3) is 0.538. The number of aliphatic hydroxyl groups is 1. The van der Waals surface area contributed by atoms with Crippen molar-refractivity contribution in [2.75, 3.05) is 6.61 Å². The standard InChI is InChI=1S/C13H20BrNO2/c1-3-13(4-2,9-16)15-8-10-6-5-7-11(14)12(10)17/h5-7,15-17H,3-4,8-9H2,1-2H3. The number of phenols is 1. The van der Waals surface area contributed by atoms with E-state index in [0.717, 1.165) is 18.4 Å². The molecule has 0 unspecified atom stereocenters. The van der Waals surface area contributed by atoms with E-state index in [1.807, 2.05) is 26.0 Å². The molecule has 1 aromatic carbocycles. The van der Waals surface area contributed by atoms with E-state index >= 15 is 0 Å². The van der Waals surface area contributed by atoms with Crippen LogP contribution >= 0.6 is 15.9 Å². The molecule has 0 aromatic heterocycles. The molecule has 0 fully saturated rings. The summed E-state index contributed by atoms with van der Waals surface area (Å²) < 4.78 is 0.694. The summed E-state index contributed by atoms with van der Waals surface area (Å²) in [5.41, 5.74) is 0.577. The monoisotopic (exact) mass is 301 g/mol. The first-order chi connectivity index (χ1) is 8.08. The number of hydrogen-bond donors (Lipinski definition) is 3. The molecule has 0 aliphatic heterocycles. The van der Waals surface area contributed by atoms with Gasteiger partial charge in [0, 0.05) is 17.6 Å². The molecule has 0 heterocycles. The summed E-state index contributed by atoms with van der Waals surface area (Å²) in [5, 5.41) is 22.6. The van der Waals surface area contributed by atoms with Gasteiger partial charge in [0.1, 0.15) is 5.75 Å². The predicted molar refractivity (Wildman–Crippen MR) is 73.0 cm³/mol. The molecular weight excluding hydrogens is 282 g/mol. The van der Waals surface area contributed by atoms with E-state index < -0.39 is 0 Å². The molecule has 0 bridgehead atoms. The van der Waals surface area contributed by atoms with E-state index in [0.29, 0.717) is 11.0 Å². The molecule has 0 saturated heterocycles. The number of rotatable bonds is 6. The predicted octanol–water partition coefficient (Wildman–Crippen LogP) is 2.80. The maximum Gasteiger partial charge on any atom is 0.134 e. The fourth-order valence-electron chi connectivity index (χ4n) is 1.76. The summed E-state index contributed by atoms with van der Waals surface area (Å²) in [4.78, 5) is 0. The minimum atomic E-state index is -0.255. The molecule has 1 rings (SSSR count). The van der Waals surface area contributed by atoms with Crippen molar-refractivity contribution in [3.63, 3.8) is 0 Å². The fourth-order valence-corrected chi connectivity index (χ4v) is 2.17. The second-order valence-electron chi connectivity index (χ2n) is 4.25. The average Bonchev–Trinajstić information content (AvgIpc) is 2.36. The third kappa shape index (κ3) is 3.44. The first-order valence-corrected chi connectivity index (χ1v) is 6.70. The van der Waals surface area contributed by atoms with Crippen LogP contribution in [0.15, 0.2) is 22.7 Å². The minimum Gasteiger partial charge on any atom is -0.506 e. The molecule has 17 heavy (non-hydrogen) atoms. The summed E-state index contributed by atoms with van der Waals surface area (Å²) in [7, 11) is 0. The number of para-hydroxylation sites is 1. The third-order valence-electron chi connectivity index (χ3n) is 3.38. The van der Waals surface area contributed by atoms with Gasteiger partial charge in [0.15, 0.2) is 0 Å². The number of aromatic hydroxyl groups is 1. The summed E-state index contributed by atoms with van der Waals surface area (Å²) in [6.45, 7) is 4.75. The van der Waals surface area contributed by atoms with Crippen molar-refractivity contribution < 1.29 is 10.2 Å². The highest BCUT2D eigenvalue weighted by atomic mass is 79.9. The maximum absolute atomic E-state index is 9.86. The van der Waals surface area contributed by atoms with Crippen LogP contribution in [0.25, 0.3) is 0 Å². The lowest BCUT2D eigenvalue weighted by atomic mass is 9.93. The van der Waals surface area contributed by atoms with Gasteiger partial charge < -0.3 is 15.5 Å². The van der Waals surface area contributed by atoms with Crippen LogP contribution in [-0.4, -0.2) is 22.4 Å². The number of benzene rings is 1. The number of nitrogens with one attached hydrogen (secondary N) is 1. The molecule has 0 atom stereocenters. The van der Waals surface area contributed by atoms with Crippen LogP contribution in [0, 0.1) is 0 Å². The van der Waals surface area contributed by atoms with Gasteiger partial charge in [-0.05, 0) is 34.8 Å². The molecule has 0 amide bonds. The first-order valence-electron chi connectivity index (χ1n) is 5.90. The Labute approximate surface area is 111 Å².